The number of hydrogen-bond acceptors (Lipinski definition) is 9. The Bertz CT molecular complexity index is 1400. The number of aromatic carboxylic acids is 1. The van der Waals surface area contributed by atoms with E-state index in [1.54, 1.807) is 12.1 Å². The average molecular weight is 564 g/mol. The minimum atomic E-state index is -1.17. The largest absolute Gasteiger partial charge is 0.496 e. The van der Waals surface area contributed by atoms with Gasteiger partial charge in [-0.1, -0.05) is 18.7 Å². The molecule has 0 saturated carbocycles. The third kappa shape index (κ3) is 8.40. The van der Waals surface area contributed by atoms with Crippen LogP contribution in [-0.4, -0.2) is 48.3 Å². The van der Waals surface area contributed by atoms with E-state index in [0.717, 1.165) is 18.9 Å². The van der Waals surface area contributed by atoms with Crippen LogP contribution in [0, 0.1) is 10.1 Å². The average Bonchev–Trinajstić information content (AvgIpc) is 2.98. The van der Waals surface area contributed by atoms with Crippen LogP contribution in [0.3, 0.4) is 0 Å². The van der Waals surface area contributed by atoms with Crippen molar-refractivity contribution in [3.63, 3.8) is 0 Å². The van der Waals surface area contributed by atoms with Crippen LogP contribution >= 0.6 is 0 Å². The van der Waals surface area contributed by atoms with Crippen molar-refractivity contribution in [1.29, 1.82) is 0 Å². The number of carbonyl (C=O) groups is 3. The Labute approximate surface area is 236 Å². The summed E-state index contributed by atoms with van der Waals surface area (Å²) in [6, 6.07) is 14.3. The van der Waals surface area contributed by atoms with E-state index < -0.39 is 22.8 Å². The molecule has 0 atom stereocenters. The van der Waals surface area contributed by atoms with Gasteiger partial charge in [-0.15, -0.1) is 0 Å². The number of hydrogen-bond donors (Lipinski definition) is 1. The Hall–Kier alpha value is -5.19. The van der Waals surface area contributed by atoms with Crippen LogP contribution in [0.2, 0.25) is 0 Å². The number of esters is 2. The maximum atomic E-state index is 12.6. The van der Waals surface area contributed by atoms with Gasteiger partial charge >= 0.3 is 17.9 Å². The SMILES string of the molecule is C=CC(=O)OCCCCCCOc1c(C(=O)O)ccc(OC)c1-c1ccc(C(=O)Oc2ccc([N+](=O)[O-])cc2)cc1. The smallest absolute Gasteiger partial charge is 0.343 e. The second-order valence-electron chi connectivity index (χ2n) is 8.68. The molecular formula is C30H29NO10. The molecule has 0 aliphatic rings. The Kier molecular flexibility index (Phi) is 11.0. The van der Waals surface area contributed by atoms with Crippen molar-refractivity contribution in [2.24, 2.45) is 0 Å². The van der Waals surface area contributed by atoms with Gasteiger partial charge in [-0.3, -0.25) is 10.1 Å². The molecule has 0 aromatic heterocycles. The summed E-state index contributed by atoms with van der Waals surface area (Å²) in [5, 5.41) is 20.6. The van der Waals surface area contributed by atoms with Gasteiger partial charge in [-0.25, -0.2) is 14.4 Å². The molecule has 3 rings (SSSR count). The van der Waals surface area contributed by atoms with Gasteiger partial charge in [0.15, 0.2) is 0 Å². The summed E-state index contributed by atoms with van der Waals surface area (Å²) in [5.41, 5.74) is 1.01. The highest BCUT2D eigenvalue weighted by Gasteiger charge is 2.22. The summed E-state index contributed by atoms with van der Waals surface area (Å²) < 4.78 is 21.7. The summed E-state index contributed by atoms with van der Waals surface area (Å²) in [6.07, 6.45) is 4.00. The van der Waals surface area contributed by atoms with E-state index in [4.69, 9.17) is 18.9 Å². The molecule has 0 unspecified atom stereocenters. The number of non-ortho nitro benzene ring substituents is 1. The molecule has 0 heterocycles. The first-order chi connectivity index (χ1) is 19.7. The lowest BCUT2D eigenvalue weighted by molar-refractivity contribution is -0.384. The fourth-order valence-electron chi connectivity index (χ4n) is 3.86. The van der Waals surface area contributed by atoms with Crippen LogP contribution in [0.25, 0.3) is 11.1 Å². The molecule has 3 aromatic rings. The monoisotopic (exact) mass is 563 g/mol. The lowest BCUT2D eigenvalue weighted by Crippen LogP contribution is -2.09. The van der Waals surface area contributed by atoms with E-state index in [1.165, 1.54) is 55.6 Å². The minimum absolute atomic E-state index is 0.0428. The summed E-state index contributed by atoms with van der Waals surface area (Å²) >= 11 is 0. The zero-order valence-electron chi connectivity index (χ0n) is 22.4. The zero-order valence-corrected chi connectivity index (χ0v) is 22.4. The molecule has 11 nitrogen and oxygen atoms in total. The number of carboxylic acids is 1. The molecule has 0 radical (unpaired) electrons. The molecule has 214 valence electrons. The number of nitrogens with zero attached hydrogens (tertiary/aromatic N) is 1. The van der Waals surface area contributed by atoms with Gasteiger partial charge in [0.25, 0.3) is 5.69 Å². The fraction of sp³-hybridized carbons (Fsp3) is 0.233. The number of nitro benzene ring substituents is 1. The summed E-state index contributed by atoms with van der Waals surface area (Å²) in [5.74, 6) is -1.64. The van der Waals surface area contributed by atoms with Crippen LogP contribution in [0.1, 0.15) is 46.4 Å². The lowest BCUT2D eigenvalue weighted by Gasteiger charge is -2.18. The second kappa shape index (κ2) is 14.8. The predicted molar refractivity (Wildman–Crippen MR) is 149 cm³/mol. The molecule has 11 heteroatoms. The number of benzene rings is 3. The Morgan fingerprint density at radius 3 is 2.17 bits per heavy atom. The van der Waals surface area contributed by atoms with Gasteiger partial charge in [0.1, 0.15) is 22.8 Å². The molecule has 1 N–H and O–H groups in total. The number of carboxylic acid groups (broad SMARTS) is 1. The summed E-state index contributed by atoms with van der Waals surface area (Å²) in [4.78, 5) is 46.0. The molecule has 0 amide bonds. The molecule has 0 aliphatic carbocycles. The van der Waals surface area contributed by atoms with Crippen molar-refractivity contribution in [3.8, 4) is 28.4 Å². The minimum Gasteiger partial charge on any atom is -0.496 e. The molecule has 0 bridgehead atoms. The van der Waals surface area contributed by atoms with Gasteiger partial charge in [0, 0.05) is 18.2 Å². The zero-order chi connectivity index (χ0) is 29.8. The third-order valence-electron chi connectivity index (χ3n) is 5.93. The molecule has 3 aromatic carbocycles. The highest BCUT2D eigenvalue weighted by Crippen LogP contribution is 2.41. The maximum Gasteiger partial charge on any atom is 0.343 e. The predicted octanol–water partition coefficient (Wildman–Crippen LogP) is 5.86. The molecule has 0 fully saturated rings. The van der Waals surface area contributed by atoms with Gasteiger partial charge in [0.05, 0.1) is 36.4 Å². The lowest BCUT2D eigenvalue weighted by atomic mass is 9.98. The number of carbonyl (C=O) groups excluding carboxylic acids is 2. The van der Waals surface area contributed by atoms with Gasteiger partial charge < -0.3 is 24.1 Å². The molecule has 0 saturated heterocycles. The van der Waals surface area contributed by atoms with Crippen LogP contribution in [0.15, 0.2) is 73.3 Å². The Morgan fingerprint density at radius 1 is 0.927 bits per heavy atom. The van der Waals surface area contributed by atoms with Crippen molar-refractivity contribution in [1.82, 2.24) is 0 Å². The highest BCUT2D eigenvalue weighted by atomic mass is 16.6. The fourth-order valence-corrected chi connectivity index (χ4v) is 3.86. The van der Waals surface area contributed by atoms with E-state index in [2.05, 4.69) is 6.58 Å². The van der Waals surface area contributed by atoms with Crippen LogP contribution in [0.4, 0.5) is 5.69 Å². The van der Waals surface area contributed by atoms with Crippen LogP contribution in [-0.2, 0) is 9.53 Å². The van der Waals surface area contributed by atoms with E-state index in [-0.39, 0.29) is 34.9 Å². The number of nitro groups is 1. The van der Waals surface area contributed by atoms with Crippen LogP contribution < -0.4 is 14.2 Å². The van der Waals surface area contributed by atoms with Crippen molar-refractivity contribution < 1.29 is 43.4 Å². The van der Waals surface area contributed by atoms with E-state index >= 15 is 0 Å². The van der Waals surface area contributed by atoms with Crippen molar-refractivity contribution in [2.75, 3.05) is 20.3 Å². The molecule has 0 spiro atoms. The number of unbranched alkanes of at least 4 members (excludes halogenated alkanes) is 3. The first-order valence-electron chi connectivity index (χ1n) is 12.7. The van der Waals surface area contributed by atoms with Crippen molar-refractivity contribution >= 4 is 23.6 Å². The quantitative estimate of drug-likeness (QED) is 0.0595. The van der Waals surface area contributed by atoms with Crippen LogP contribution in [0.5, 0.6) is 17.2 Å². The van der Waals surface area contributed by atoms with E-state index in [1.807, 2.05) is 0 Å². The summed E-state index contributed by atoms with van der Waals surface area (Å²) in [6.45, 7) is 3.88. The Morgan fingerprint density at radius 2 is 1.59 bits per heavy atom. The standard InChI is InChI=1S/C30H29NO10/c1-3-26(32)39-18-6-4-5-7-19-40-28-24(29(33)34)16-17-25(38-2)27(28)20-8-10-21(11-9-20)30(35)41-23-14-12-22(13-15-23)31(36)37/h3,8-17H,1,4-7,18-19H2,2H3,(H,33,34). The highest BCUT2D eigenvalue weighted by molar-refractivity contribution is 5.97. The topological polar surface area (TPSA) is 152 Å². The maximum absolute atomic E-state index is 12.6. The first-order valence-corrected chi connectivity index (χ1v) is 12.7. The van der Waals surface area contributed by atoms with E-state index in [0.29, 0.717) is 36.3 Å². The Balaban J connectivity index is 1.73. The normalized spacial score (nSPS) is 10.4. The van der Waals surface area contributed by atoms with Crippen molar-refractivity contribution in [2.45, 2.75) is 25.7 Å². The summed E-state index contributed by atoms with van der Waals surface area (Å²) in [7, 11) is 1.46. The third-order valence-corrected chi connectivity index (χ3v) is 5.93. The number of methoxy groups -OCH3 is 1. The van der Waals surface area contributed by atoms with Crippen molar-refractivity contribution in [3.05, 3.63) is 94.6 Å². The second-order valence-corrected chi connectivity index (χ2v) is 8.68. The van der Waals surface area contributed by atoms with E-state index in [9.17, 15) is 29.6 Å². The van der Waals surface area contributed by atoms with Gasteiger partial charge in [-0.2, -0.15) is 0 Å². The van der Waals surface area contributed by atoms with Gasteiger partial charge in [0.2, 0.25) is 0 Å². The molecule has 41 heavy (non-hydrogen) atoms. The number of rotatable bonds is 15. The molecule has 0 aliphatic heterocycles. The first kappa shape index (κ1) is 30.4. The van der Waals surface area contributed by atoms with Gasteiger partial charge in [-0.05, 0) is 67.6 Å². The number of ether oxygens (including phenoxy) is 4. The molecular weight excluding hydrogens is 534 g/mol.